The summed E-state index contributed by atoms with van der Waals surface area (Å²) in [4.78, 5) is 7.80. The van der Waals surface area contributed by atoms with Crippen LogP contribution in [-0.2, 0) is 0 Å². The lowest BCUT2D eigenvalue weighted by Crippen LogP contribution is -1.96. The molecule has 0 aliphatic heterocycles. The Morgan fingerprint density at radius 2 is 1.76 bits per heavy atom. The SMILES string of the molecule is Cc1cc(Cl)cc(C)c1Oc1cc(N)ncn1. The highest BCUT2D eigenvalue weighted by Gasteiger charge is 2.08. The topological polar surface area (TPSA) is 61.0 Å². The quantitative estimate of drug-likeness (QED) is 0.888. The molecule has 2 aromatic rings. The summed E-state index contributed by atoms with van der Waals surface area (Å²) in [6, 6.07) is 5.26. The van der Waals surface area contributed by atoms with E-state index in [1.807, 2.05) is 26.0 Å². The van der Waals surface area contributed by atoms with Gasteiger partial charge in [-0.1, -0.05) is 11.6 Å². The number of ether oxygens (including phenoxy) is 1. The van der Waals surface area contributed by atoms with Crippen molar-refractivity contribution in [2.24, 2.45) is 0 Å². The number of aromatic nitrogens is 2. The molecule has 0 spiro atoms. The van der Waals surface area contributed by atoms with Crippen molar-refractivity contribution in [3.8, 4) is 11.6 Å². The van der Waals surface area contributed by atoms with Crippen LogP contribution in [0.1, 0.15) is 11.1 Å². The van der Waals surface area contributed by atoms with Crippen LogP contribution in [0.5, 0.6) is 11.6 Å². The number of aryl methyl sites for hydroxylation is 2. The summed E-state index contributed by atoms with van der Waals surface area (Å²) in [5.74, 6) is 1.54. The maximum absolute atomic E-state index is 5.95. The lowest BCUT2D eigenvalue weighted by molar-refractivity contribution is 0.455. The van der Waals surface area contributed by atoms with Crippen LogP contribution in [-0.4, -0.2) is 9.97 Å². The number of benzene rings is 1. The molecule has 5 heteroatoms. The van der Waals surface area contributed by atoms with E-state index < -0.39 is 0 Å². The van der Waals surface area contributed by atoms with Gasteiger partial charge in [0, 0.05) is 11.1 Å². The third-order valence-corrected chi connectivity index (χ3v) is 2.51. The van der Waals surface area contributed by atoms with E-state index in [9.17, 15) is 0 Å². The number of hydrogen-bond acceptors (Lipinski definition) is 4. The minimum atomic E-state index is 0.374. The number of rotatable bonds is 2. The van der Waals surface area contributed by atoms with Gasteiger partial charge in [0.25, 0.3) is 0 Å². The average Bonchev–Trinajstić information content (AvgIpc) is 2.23. The third kappa shape index (κ3) is 2.65. The van der Waals surface area contributed by atoms with Gasteiger partial charge in [-0.15, -0.1) is 0 Å². The Hall–Kier alpha value is -1.81. The van der Waals surface area contributed by atoms with E-state index in [2.05, 4.69) is 9.97 Å². The summed E-state index contributed by atoms with van der Waals surface area (Å²) >= 11 is 5.95. The van der Waals surface area contributed by atoms with Crippen molar-refractivity contribution < 1.29 is 4.74 Å². The van der Waals surface area contributed by atoms with Crippen LogP contribution >= 0.6 is 11.6 Å². The van der Waals surface area contributed by atoms with Gasteiger partial charge in [-0.2, -0.15) is 0 Å². The smallest absolute Gasteiger partial charge is 0.224 e. The van der Waals surface area contributed by atoms with Gasteiger partial charge < -0.3 is 10.5 Å². The van der Waals surface area contributed by atoms with Crippen LogP contribution in [0.2, 0.25) is 5.02 Å². The van der Waals surface area contributed by atoms with Crippen LogP contribution in [0, 0.1) is 13.8 Å². The molecule has 88 valence electrons. The predicted molar refractivity (Wildman–Crippen MR) is 67.4 cm³/mol. The third-order valence-electron chi connectivity index (χ3n) is 2.29. The number of nitrogens with two attached hydrogens (primary N) is 1. The lowest BCUT2D eigenvalue weighted by atomic mass is 10.1. The Morgan fingerprint density at radius 3 is 2.35 bits per heavy atom. The summed E-state index contributed by atoms with van der Waals surface area (Å²) in [6.45, 7) is 3.86. The molecule has 0 aliphatic rings. The molecule has 0 saturated carbocycles. The second-order valence-corrected chi connectivity index (χ2v) is 4.19. The van der Waals surface area contributed by atoms with E-state index in [4.69, 9.17) is 22.1 Å². The monoisotopic (exact) mass is 249 g/mol. The minimum absolute atomic E-state index is 0.374. The maximum Gasteiger partial charge on any atom is 0.224 e. The second kappa shape index (κ2) is 4.59. The van der Waals surface area contributed by atoms with Crippen LogP contribution in [0.4, 0.5) is 5.82 Å². The molecule has 0 fully saturated rings. The van der Waals surface area contributed by atoms with E-state index in [1.165, 1.54) is 6.33 Å². The van der Waals surface area contributed by atoms with Crippen LogP contribution in [0.15, 0.2) is 24.5 Å². The van der Waals surface area contributed by atoms with Gasteiger partial charge in [0.05, 0.1) is 0 Å². The molecule has 2 N–H and O–H groups in total. The summed E-state index contributed by atoms with van der Waals surface area (Å²) in [7, 11) is 0. The Balaban J connectivity index is 2.36. The van der Waals surface area contributed by atoms with Crippen LogP contribution in [0.25, 0.3) is 0 Å². The zero-order chi connectivity index (χ0) is 12.4. The normalized spacial score (nSPS) is 10.3. The highest BCUT2D eigenvalue weighted by Crippen LogP contribution is 2.30. The van der Waals surface area contributed by atoms with Crippen molar-refractivity contribution in [2.45, 2.75) is 13.8 Å². The molecule has 0 aliphatic carbocycles. The Bertz CT molecular complexity index is 534. The first kappa shape index (κ1) is 11.7. The first-order valence-corrected chi connectivity index (χ1v) is 5.46. The summed E-state index contributed by atoms with van der Waals surface area (Å²) in [6.07, 6.45) is 1.37. The van der Waals surface area contributed by atoms with Crippen molar-refractivity contribution in [1.29, 1.82) is 0 Å². The highest BCUT2D eigenvalue weighted by molar-refractivity contribution is 6.30. The maximum atomic E-state index is 5.95. The molecule has 1 aromatic carbocycles. The zero-order valence-corrected chi connectivity index (χ0v) is 10.3. The molecule has 0 atom stereocenters. The molecule has 0 saturated heterocycles. The van der Waals surface area contributed by atoms with Crippen molar-refractivity contribution in [2.75, 3.05) is 5.73 Å². The van der Waals surface area contributed by atoms with Crippen molar-refractivity contribution in [3.63, 3.8) is 0 Å². The van der Waals surface area contributed by atoms with Gasteiger partial charge in [-0.3, -0.25) is 0 Å². The largest absolute Gasteiger partial charge is 0.438 e. The second-order valence-electron chi connectivity index (χ2n) is 3.75. The number of anilines is 1. The van der Waals surface area contributed by atoms with Gasteiger partial charge in [-0.05, 0) is 37.1 Å². The first-order valence-electron chi connectivity index (χ1n) is 5.08. The molecule has 4 nitrogen and oxygen atoms in total. The fraction of sp³-hybridized carbons (Fsp3) is 0.167. The van der Waals surface area contributed by atoms with E-state index in [0.717, 1.165) is 16.9 Å². The molecule has 0 bridgehead atoms. The van der Waals surface area contributed by atoms with Crippen molar-refractivity contribution >= 4 is 17.4 Å². The van der Waals surface area contributed by atoms with E-state index in [1.54, 1.807) is 6.07 Å². The number of nitrogens with zero attached hydrogens (tertiary/aromatic N) is 2. The van der Waals surface area contributed by atoms with Crippen molar-refractivity contribution in [1.82, 2.24) is 9.97 Å². The highest BCUT2D eigenvalue weighted by atomic mass is 35.5. The zero-order valence-electron chi connectivity index (χ0n) is 9.57. The number of hydrogen-bond donors (Lipinski definition) is 1. The number of halogens is 1. The summed E-state index contributed by atoms with van der Waals surface area (Å²) < 4.78 is 5.69. The molecule has 2 rings (SSSR count). The fourth-order valence-corrected chi connectivity index (χ4v) is 1.90. The molecular weight excluding hydrogens is 238 g/mol. The van der Waals surface area contributed by atoms with Gasteiger partial charge in [0.15, 0.2) is 0 Å². The Labute approximate surface area is 104 Å². The molecule has 17 heavy (non-hydrogen) atoms. The molecule has 0 amide bonds. The van der Waals surface area contributed by atoms with Gasteiger partial charge in [0.1, 0.15) is 17.9 Å². The van der Waals surface area contributed by atoms with E-state index in [0.29, 0.717) is 16.7 Å². The fourth-order valence-electron chi connectivity index (χ4n) is 1.57. The summed E-state index contributed by atoms with van der Waals surface area (Å²) in [5, 5.41) is 0.689. The molecule has 1 heterocycles. The van der Waals surface area contributed by atoms with E-state index in [-0.39, 0.29) is 0 Å². The van der Waals surface area contributed by atoms with Crippen LogP contribution < -0.4 is 10.5 Å². The van der Waals surface area contributed by atoms with E-state index >= 15 is 0 Å². The first-order chi connectivity index (χ1) is 8.06. The van der Waals surface area contributed by atoms with Crippen molar-refractivity contribution in [3.05, 3.63) is 40.7 Å². The standard InChI is InChI=1S/C12H12ClN3O/c1-7-3-9(13)4-8(2)12(7)17-11-5-10(14)15-6-16-11/h3-6H,1-2H3,(H2,14,15,16). The van der Waals surface area contributed by atoms with Gasteiger partial charge in [-0.25, -0.2) is 9.97 Å². The summed E-state index contributed by atoms with van der Waals surface area (Å²) in [5.41, 5.74) is 7.46. The van der Waals surface area contributed by atoms with Crippen LogP contribution in [0.3, 0.4) is 0 Å². The van der Waals surface area contributed by atoms with Gasteiger partial charge in [0.2, 0.25) is 5.88 Å². The minimum Gasteiger partial charge on any atom is -0.438 e. The Kier molecular flexibility index (Phi) is 3.15. The van der Waals surface area contributed by atoms with Gasteiger partial charge >= 0.3 is 0 Å². The molecule has 0 radical (unpaired) electrons. The molecule has 1 aromatic heterocycles. The Morgan fingerprint density at radius 1 is 1.12 bits per heavy atom. The molecule has 0 unspecified atom stereocenters. The predicted octanol–water partition coefficient (Wildman–Crippen LogP) is 3.12. The lowest BCUT2D eigenvalue weighted by Gasteiger charge is -2.11. The number of nitrogen functional groups attached to an aromatic ring is 1. The average molecular weight is 250 g/mol. The molecular formula is C12H12ClN3O.